The number of benzene rings is 1. The second kappa shape index (κ2) is 9.15. The molecule has 0 heterocycles. The Morgan fingerprint density at radius 1 is 1.14 bits per heavy atom. The van der Waals surface area contributed by atoms with Crippen LogP contribution in [0, 0.1) is 5.82 Å². The van der Waals surface area contributed by atoms with E-state index < -0.39 is 0 Å². The molecule has 2 amide bonds. The lowest BCUT2D eigenvalue weighted by atomic mass is 10.1. The molecule has 1 aromatic carbocycles. The van der Waals surface area contributed by atoms with Gasteiger partial charge < -0.3 is 15.1 Å². The van der Waals surface area contributed by atoms with Crippen LogP contribution in [0.4, 0.5) is 4.39 Å². The monoisotopic (exact) mass is 309 g/mol. The van der Waals surface area contributed by atoms with Gasteiger partial charge in [-0.2, -0.15) is 0 Å². The van der Waals surface area contributed by atoms with Gasteiger partial charge in [0.15, 0.2) is 0 Å². The van der Waals surface area contributed by atoms with E-state index in [9.17, 15) is 14.0 Å². The van der Waals surface area contributed by atoms with E-state index in [0.29, 0.717) is 25.2 Å². The summed E-state index contributed by atoms with van der Waals surface area (Å²) in [5.41, 5.74) is 0.371. The van der Waals surface area contributed by atoms with Crippen molar-refractivity contribution in [3.63, 3.8) is 0 Å². The summed E-state index contributed by atoms with van der Waals surface area (Å²) < 4.78 is 13.4. The van der Waals surface area contributed by atoms with E-state index in [4.69, 9.17) is 0 Å². The molecule has 0 aliphatic heterocycles. The fraction of sp³-hybridized carbons (Fsp3) is 0.500. The summed E-state index contributed by atoms with van der Waals surface area (Å²) in [5.74, 6) is -0.652. The zero-order valence-electron chi connectivity index (χ0n) is 13.4. The molecule has 0 radical (unpaired) electrons. The summed E-state index contributed by atoms with van der Waals surface area (Å²) >= 11 is 0. The summed E-state index contributed by atoms with van der Waals surface area (Å²) in [7, 11) is 3.88. The molecule has 0 aliphatic carbocycles. The van der Waals surface area contributed by atoms with Gasteiger partial charge >= 0.3 is 0 Å². The average molecular weight is 309 g/mol. The van der Waals surface area contributed by atoms with E-state index in [-0.39, 0.29) is 24.1 Å². The molecule has 0 spiro atoms. The van der Waals surface area contributed by atoms with Crippen LogP contribution in [0.15, 0.2) is 24.3 Å². The molecule has 1 aromatic rings. The van der Waals surface area contributed by atoms with E-state index in [1.807, 2.05) is 19.0 Å². The van der Waals surface area contributed by atoms with Crippen LogP contribution in [0.25, 0.3) is 0 Å². The third-order valence-electron chi connectivity index (χ3n) is 3.28. The van der Waals surface area contributed by atoms with Crippen molar-refractivity contribution in [2.75, 3.05) is 40.3 Å². The Morgan fingerprint density at radius 2 is 1.82 bits per heavy atom. The summed E-state index contributed by atoms with van der Waals surface area (Å²) in [6.45, 7) is 3.71. The van der Waals surface area contributed by atoms with Crippen LogP contribution in [0.1, 0.15) is 12.5 Å². The smallest absolute Gasteiger partial charge is 0.224 e. The Hall–Kier alpha value is -1.95. The number of hydrogen-bond donors (Lipinski definition) is 1. The summed E-state index contributed by atoms with van der Waals surface area (Å²) in [6, 6.07) is 6.21. The van der Waals surface area contributed by atoms with Crippen LogP contribution < -0.4 is 5.32 Å². The van der Waals surface area contributed by atoms with Gasteiger partial charge in [0.2, 0.25) is 11.8 Å². The molecule has 1 rings (SSSR count). The number of amides is 2. The predicted octanol–water partition coefficient (Wildman–Crippen LogP) is 0.894. The molecule has 1 N–H and O–H groups in total. The van der Waals surface area contributed by atoms with E-state index in [2.05, 4.69) is 5.32 Å². The molecule has 22 heavy (non-hydrogen) atoms. The highest BCUT2D eigenvalue weighted by molar-refractivity contribution is 5.78. The van der Waals surface area contributed by atoms with Gasteiger partial charge in [0.25, 0.3) is 0 Å². The third-order valence-corrected chi connectivity index (χ3v) is 3.28. The lowest BCUT2D eigenvalue weighted by Gasteiger charge is -2.23. The first-order valence-corrected chi connectivity index (χ1v) is 7.30. The summed E-state index contributed by atoms with van der Waals surface area (Å²) in [5, 5.41) is 2.72. The van der Waals surface area contributed by atoms with Crippen LogP contribution in [0.5, 0.6) is 0 Å². The van der Waals surface area contributed by atoms with Gasteiger partial charge in [-0.3, -0.25) is 9.59 Å². The lowest BCUT2D eigenvalue weighted by Crippen LogP contribution is -2.41. The van der Waals surface area contributed by atoms with Crippen molar-refractivity contribution >= 4 is 11.8 Å². The minimum absolute atomic E-state index is 0.00441. The summed E-state index contributed by atoms with van der Waals surface area (Å²) in [6.07, 6.45) is 0.00441. The van der Waals surface area contributed by atoms with Crippen LogP contribution >= 0.6 is 0 Å². The topological polar surface area (TPSA) is 52.7 Å². The SMILES string of the molecule is CC(=O)N(CCNC(=O)Cc1ccccc1F)CCN(C)C. The third kappa shape index (κ3) is 6.67. The quantitative estimate of drug-likeness (QED) is 0.776. The number of rotatable bonds is 8. The highest BCUT2D eigenvalue weighted by Gasteiger charge is 2.10. The Kier molecular flexibility index (Phi) is 7.52. The molecule has 0 aliphatic rings. The maximum absolute atomic E-state index is 13.4. The van der Waals surface area contributed by atoms with Crippen LogP contribution in [-0.4, -0.2) is 61.9 Å². The maximum Gasteiger partial charge on any atom is 0.224 e. The van der Waals surface area contributed by atoms with Gasteiger partial charge in [-0.1, -0.05) is 18.2 Å². The van der Waals surface area contributed by atoms with Crippen LogP contribution in [0.2, 0.25) is 0 Å². The molecule has 122 valence electrons. The zero-order chi connectivity index (χ0) is 16.5. The molecule has 0 unspecified atom stereocenters. The van der Waals surface area contributed by atoms with Crippen molar-refractivity contribution in [3.8, 4) is 0 Å². The molecule has 0 aromatic heterocycles. The number of likely N-dealkylation sites (N-methyl/N-ethyl adjacent to an activating group) is 1. The van der Waals surface area contributed by atoms with Gasteiger partial charge in [-0.15, -0.1) is 0 Å². The van der Waals surface area contributed by atoms with Crippen LogP contribution in [0.3, 0.4) is 0 Å². The first kappa shape index (κ1) is 18.1. The first-order chi connectivity index (χ1) is 10.4. The standard InChI is InChI=1S/C16H24FN3O2/c1-13(21)20(11-10-19(2)3)9-8-18-16(22)12-14-6-4-5-7-15(14)17/h4-7H,8-12H2,1-3H3,(H,18,22). The molecule has 0 bridgehead atoms. The highest BCUT2D eigenvalue weighted by Crippen LogP contribution is 2.06. The maximum atomic E-state index is 13.4. The van der Waals surface area contributed by atoms with Crippen molar-refractivity contribution < 1.29 is 14.0 Å². The van der Waals surface area contributed by atoms with Gasteiger partial charge in [-0.05, 0) is 25.7 Å². The molecule has 0 atom stereocenters. The van der Waals surface area contributed by atoms with Gasteiger partial charge in [0.1, 0.15) is 5.82 Å². The second-order valence-corrected chi connectivity index (χ2v) is 5.43. The fourth-order valence-electron chi connectivity index (χ4n) is 1.95. The Bertz CT molecular complexity index is 506. The molecular formula is C16H24FN3O2. The van der Waals surface area contributed by atoms with Crippen molar-refractivity contribution in [2.45, 2.75) is 13.3 Å². The Morgan fingerprint density at radius 3 is 2.41 bits per heavy atom. The summed E-state index contributed by atoms with van der Waals surface area (Å²) in [4.78, 5) is 27.0. The number of carbonyl (C=O) groups is 2. The zero-order valence-corrected chi connectivity index (χ0v) is 13.4. The van der Waals surface area contributed by atoms with E-state index in [0.717, 1.165) is 6.54 Å². The van der Waals surface area contributed by atoms with Gasteiger partial charge in [0.05, 0.1) is 6.42 Å². The normalized spacial score (nSPS) is 10.6. The number of nitrogens with one attached hydrogen (secondary N) is 1. The Labute approximate surface area is 131 Å². The van der Waals surface area contributed by atoms with E-state index >= 15 is 0 Å². The van der Waals surface area contributed by atoms with E-state index in [1.165, 1.54) is 13.0 Å². The van der Waals surface area contributed by atoms with E-state index in [1.54, 1.807) is 23.1 Å². The second-order valence-electron chi connectivity index (χ2n) is 5.43. The van der Waals surface area contributed by atoms with Crippen molar-refractivity contribution in [1.82, 2.24) is 15.1 Å². The highest BCUT2D eigenvalue weighted by atomic mass is 19.1. The molecule has 0 saturated heterocycles. The predicted molar refractivity (Wildman–Crippen MR) is 83.9 cm³/mol. The first-order valence-electron chi connectivity index (χ1n) is 7.30. The number of nitrogens with zero attached hydrogens (tertiary/aromatic N) is 2. The fourth-order valence-corrected chi connectivity index (χ4v) is 1.95. The molecule has 0 saturated carbocycles. The largest absolute Gasteiger partial charge is 0.354 e. The number of carbonyl (C=O) groups excluding carboxylic acids is 2. The van der Waals surface area contributed by atoms with Gasteiger partial charge in [0, 0.05) is 33.1 Å². The van der Waals surface area contributed by atoms with Crippen molar-refractivity contribution in [1.29, 1.82) is 0 Å². The van der Waals surface area contributed by atoms with Crippen LogP contribution in [-0.2, 0) is 16.0 Å². The molecule has 5 nitrogen and oxygen atoms in total. The van der Waals surface area contributed by atoms with Crippen molar-refractivity contribution in [3.05, 3.63) is 35.6 Å². The number of halogens is 1. The molecular weight excluding hydrogens is 285 g/mol. The molecule has 6 heteroatoms. The van der Waals surface area contributed by atoms with Crippen molar-refractivity contribution in [2.24, 2.45) is 0 Å². The number of hydrogen-bond acceptors (Lipinski definition) is 3. The average Bonchev–Trinajstić information content (AvgIpc) is 2.44. The Balaban J connectivity index is 2.36. The molecule has 0 fully saturated rings. The van der Waals surface area contributed by atoms with Gasteiger partial charge in [-0.25, -0.2) is 4.39 Å². The lowest BCUT2D eigenvalue weighted by molar-refractivity contribution is -0.129. The minimum atomic E-state index is -0.381. The minimum Gasteiger partial charge on any atom is -0.354 e.